The van der Waals surface area contributed by atoms with E-state index in [1.165, 1.54) is 51.4 Å². The summed E-state index contributed by atoms with van der Waals surface area (Å²) >= 11 is 0. The summed E-state index contributed by atoms with van der Waals surface area (Å²) in [6, 6.07) is 0. The minimum Gasteiger partial charge on any atom is -0.389 e. The van der Waals surface area contributed by atoms with Crippen LogP contribution in [0.15, 0.2) is 0 Å². The third-order valence-corrected chi connectivity index (χ3v) is 3.99. The largest absolute Gasteiger partial charge is 0.389 e. The van der Waals surface area contributed by atoms with E-state index >= 15 is 0 Å². The second-order valence-corrected chi connectivity index (χ2v) is 5.61. The van der Waals surface area contributed by atoms with Gasteiger partial charge in [-0.15, -0.1) is 0 Å². The first-order valence-electron chi connectivity index (χ1n) is 7.36. The number of nitrogens with zero attached hydrogens (tertiary/aromatic N) is 1. The standard InChI is InChI=1S/C14H27NO2/c16-13(11-15-9-5-2-6-10-15)12-17-14-7-3-1-4-8-14/h13-14,16H,1-12H2/t13-/m0/s1. The molecule has 3 nitrogen and oxygen atoms in total. The quantitative estimate of drug-likeness (QED) is 0.801. The number of aliphatic hydroxyl groups is 1. The van der Waals surface area contributed by atoms with Gasteiger partial charge < -0.3 is 14.7 Å². The molecule has 0 spiro atoms. The average molecular weight is 241 g/mol. The molecule has 2 aliphatic rings. The Labute approximate surface area is 105 Å². The van der Waals surface area contributed by atoms with Gasteiger partial charge in [0.1, 0.15) is 0 Å². The summed E-state index contributed by atoms with van der Waals surface area (Å²) in [4.78, 5) is 2.37. The van der Waals surface area contributed by atoms with Crippen LogP contribution in [-0.4, -0.2) is 48.5 Å². The number of ether oxygens (including phenoxy) is 1. The summed E-state index contributed by atoms with van der Waals surface area (Å²) < 4.78 is 5.81. The molecule has 100 valence electrons. The van der Waals surface area contributed by atoms with Gasteiger partial charge in [-0.2, -0.15) is 0 Å². The van der Waals surface area contributed by atoms with Crippen LogP contribution in [0.1, 0.15) is 51.4 Å². The zero-order valence-corrected chi connectivity index (χ0v) is 10.9. The molecule has 0 amide bonds. The maximum atomic E-state index is 9.97. The number of likely N-dealkylation sites (tertiary alicyclic amines) is 1. The van der Waals surface area contributed by atoms with Crippen LogP contribution in [0.2, 0.25) is 0 Å². The van der Waals surface area contributed by atoms with Crippen LogP contribution in [0.25, 0.3) is 0 Å². The summed E-state index contributed by atoms with van der Waals surface area (Å²) in [6.45, 7) is 3.63. The lowest BCUT2D eigenvalue weighted by Crippen LogP contribution is -2.38. The fourth-order valence-electron chi connectivity index (χ4n) is 2.97. The van der Waals surface area contributed by atoms with E-state index in [1.54, 1.807) is 0 Å². The Hall–Kier alpha value is -0.120. The Bertz CT molecular complexity index is 198. The number of hydrogen-bond acceptors (Lipinski definition) is 3. The minimum atomic E-state index is -0.296. The molecule has 0 aromatic heterocycles. The maximum absolute atomic E-state index is 9.97. The first kappa shape index (κ1) is 13.3. The van der Waals surface area contributed by atoms with Crippen molar-refractivity contribution in [1.82, 2.24) is 4.90 Å². The number of piperidine rings is 1. The van der Waals surface area contributed by atoms with Crippen LogP contribution in [0.3, 0.4) is 0 Å². The Morgan fingerprint density at radius 2 is 1.65 bits per heavy atom. The van der Waals surface area contributed by atoms with Crippen molar-refractivity contribution in [3.05, 3.63) is 0 Å². The van der Waals surface area contributed by atoms with Gasteiger partial charge in [0, 0.05) is 6.54 Å². The smallest absolute Gasteiger partial charge is 0.0900 e. The molecule has 0 unspecified atom stereocenters. The zero-order chi connectivity index (χ0) is 11.9. The molecule has 17 heavy (non-hydrogen) atoms. The molecule has 1 aliphatic heterocycles. The second-order valence-electron chi connectivity index (χ2n) is 5.61. The molecule has 1 heterocycles. The van der Waals surface area contributed by atoms with E-state index in [1.807, 2.05) is 0 Å². The van der Waals surface area contributed by atoms with Gasteiger partial charge >= 0.3 is 0 Å². The van der Waals surface area contributed by atoms with Crippen molar-refractivity contribution in [2.45, 2.75) is 63.6 Å². The monoisotopic (exact) mass is 241 g/mol. The molecule has 2 rings (SSSR count). The van der Waals surface area contributed by atoms with E-state index in [-0.39, 0.29) is 6.10 Å². The molecule has 0 radical (unpaired) electrons. The van der Waals surface area contributed by atoms with Crippen LogP contribution in [-0.2, 0) is 4.74 Å². The Morgan fingerprint density at radius 1 is 1.00 bits per heavy atom. The van der Waals surface area contributed by atoms with Crippen molar-refractivity contribution in [3.63, 3.8) is 0 Å². The molecular weight excluding hydrogens is 214 g/mol. The molecule has 1 N–H and O–H groups in total. The highest BCUT2D eigenvalue weighted by Crippen LogP contribution is 2.20. The van der Waals surface area contributed by atoms with Crippen molar-refractivity contribution in [2.75, 3.05) is 26.2 Å². The van der Waals surface area contributed by atoms with E-state index in [0.717, 1.165) is 19.6 Å². The minimum absolute atomic E-state index is 0.296. The van der Waals surface area contributed by atoms with Crippen LogP contribution >= 0.6 is 0 Å². The van der Waals surface area contributed by atoms with E-state index in [0.29, 0.717) is 12.7 Å². The van der Waals surface area contributed by atoms with Gasteiger partial charge in [-0.05, 0) is 38.8 Å². The highest BCUT2D eigenvalue weighted by atomic mass is 16.5. The number of aliphatic hydroxyl groups excluding tert-OH is 1. The number of β-amino-alcohol motifs (C(OH)–C–C–N with tert-alkyl or cyclic N) is 1. The second kappa shape index (κ2) is 7.34. The van der Waals surface area contributed by atoms with E-state index in [9.17, 15) is 5.11 Å². The van der Waals surface area contributed by atoms with Gasteiger partial charge in [-0.25, -0.2) is 0 Å². The van der Waals surface area contributed by atoms with Gasteiger partial charge in [0.15, 0.2) is 0 Å². The van der Waals surface area contributed by atoms with E-state index < -0.39 is 0 Å². The molecule has 2 fully saturated rings. The van der Waals surface area contributed by atoms with Gasteiger partial charge in [0.05, 0.1) is 18.8 Å². The molecule has 1 saturated heterocycles. The van der Waals surface area contributed by atoms with Gasteiger partial charge in [0.2, 0.25) is 0 Å². The van der Waals surface area contributed by atoms with Crippen LogP contribution in [0.4, 0.5) is 0 Å². The topological polar surface area (TPSA) is 32.7 Å². The highest BCUT2D eigenvalue weighted by Gasteiger charge is 2.18. The maximum Gasteiger partial charge on any atom is 0.0900 e. The predicted octanol–water partition coefficient (Wildman–Crippen LogP) is 2.18. The predicted molar refractivity (Wildman–Crippen MR) is 69.1 cm³/mol. The first-order chi connectivity index (χ1) is 8.34. The van der Waals surface area contributed by atoms with Crippen LogP contribution in [0, 0.1) is 0 Å². The van der Waals surface area contributed by atoms with Gasteiger partial charge in [-0.3, -0.25) is 0 Å². The van der Waals surface area contributed by atoms with Crippen molar-refractivity contribution < 1.29 is 9.84 Å². The molecule has 0 aromatic rings. The number of rotatable bonds is 5. The van der Waals surface area contributed by atoms with E-state index in [4.69, 9.17) is 4.74 Å². The molecule has 0 bridgehead atoms. The summed E-state index contributed by atoms with van der Waals surface area (Å²) in [6.07, 6.45) is 10.4. The SMILES string of the molecule is O[C@H](COC1CCCCC1)CN1CCCCC1. The molecule has 1 saturated carbocycles. The molecular formula is C14H27NO2. The fraction of sp³-hybridized carbons (Fsp3) is 1.00. The first-order valence-corrected chi connectivity index (χ1v) is 7.36. The van der Waals surface area contributed by atoms with Gasteiger partial charge in [-0.1, -0.05) is 25.7 Å². The Morgan fingerprint density at radius 3 is 2.35 bits per heavy atom. The molecule has 1 atom stereocenters. The molecule has 0 aromatic carbocycles. The van der Waals surface area contributed by atoms with E-state index in [2.05, 4.69) is 4.90 Å². The van der Waals surface area contributed by atoms with Crippen molar-refractivity contribution in [3.8, 4) is 0 Å². The summed E-state index contributed by atoms with van der Waals surface area (Å²) in [5.74, 6) is 0. The normalized spacial score (nSPS) is 25.9. The summed E-state index contributed by atoms with van der Waals surface area (Å²) in [5.41, 5.74) is 0. The van der Waals surface area contributed by atoms with Crippen molar-refractivity contribution >= 4 is 0 Å². The zero-order valence-electron chi connectivity index (χ0n) is 10.9. The fourth-order valence-corrected chi connectivity index (χ4v) is 2.97. The Kier molecular flexibility index (Phi) is 5.75. The van der Waals surface area contributed by atoms with Crippen molar-refractivity contribution in [2.24, 2.45) is 0 Å². The Balaban J connectivity index is 1.57. The van der Waals surface area contributed by atoms with Crippen molar-refractivity contribution in [1.29, 1.82) is 0 Å². The molecule has 1 aliphatic carbocycles. The summed E-state index contributed by atoms with van der Waals surface area (Å²) in [7, 11) is 0. The lowest BCUT2D eigenvalue weighted by atomic mass is 9.98. The third-order valence-electron chi connectivity index (χ3n) is 3.99. The highest BCUT2D eigenvalue weighted by molar-refractivity contribution is 4.70. The van der Waals surface area contributed by atoms with Crippen LogP contribution < -0.4 is 0 Å². The molecule has 3 heteroatoms. The number of hydrogen-bond donors (Lipinski definition) is 1. The van der Waals surface area contributed by atoms with Gasteiger partial charge in [0.25, 0.3) is 0 Å². The lowest BCUT2D eigenvalue weighted by molar-refractivity contribution is -0.0346. The summed E-state index contributed by atoms with van der Waals surface area (Å²) in [5, 5.41) is 9.97. The van der Waals surface area contributed by atoms with Crippen LogP contribution in [0.5, 0.6) is 0 Å². The third kappa shape index (κ3) is 4.94. The lowest BCUT2D eigenvalue weighted by Gasteiger charge is -2.29. The average Bonchev–Trinajstić information content (AvgIpc) is 2.39.